The van der Waals surface area contributed by atoms with E-state index in [1.165, 1.54) is 4.90 Å². The molecule has 6 aliphatic carbocycles. The topological polar surface area (TPSA) is 138 Å². The van der Waals surface area contributed by atoms with Crippen LogP contribution in [0.5, 0.6) is 0 Å². The van der Waals surface area contributed by atoms with E-state index in [2.05, 4.69) is 18.0 Å². The molecule has 6 saturated carbocycles. The van der Waals surface area contributed by atoms with Crippen LogP contribution in [0, 0.1) is 63.6 Å². The summed E-state index contributed by atoms with van der Waals surface area (Å²) in [5, 5.41) is 10.2. The molecule has 1 aliphatic heterocycles. The van der Waals surface area contributed by atoms with Gasteiger partial charge in [-0.1, -0.05) is 20.3 Å². The van der Waals surface area contributed by atoms with Gasteiger partial charge in [0.05, 0.1) is 30.4 Å². The summed E-state index contributed by atoms with van der Waals surface area (Å²) < 4.78 is 35.3. The van der Waals surface area contributed by atoms with Crippen LogP contribution < -0.4 is 0 Å². The summed E-state index contributed by atoms with van der Waals surface area (Å²) in [7, 11) is -4.65. The van der Waals surface area contributed by atoms with Gasteiger partial charge in [-0.15, -0.1) is 0 Å². The molecule has 194 valence electrons. The summed E-state index contributed by atoms with van der Waals surface area (Å²) in [5.74, 6) is -0.372. The minimum absolute atomic E-state index is 0.0497. The van der Waals surface area contributed by atoms with Gasteiger partial charge in [0.25, 0.3) is 0 Å². The van der Waals surface area contributed by atoms with Gasteiger partial charge in [-0.3, -0.25) is 23.8 Å². The van der Waals surface area contributed by atoms with Gasteiger partial charge in [-0.2, -0.15) is 8.42 Å². The highest BCUT2D eigenvalue weighted by Gasteiger charge is 2.82. The number of carboxylic acids is 1. The number of hydrogen-bond donors (Lipinski definition) is 2. The quantitative estimate of drug-likeness (QED) is 0.426. The normalized spacial score (nSPS) is 51.9. The highest BCUT2D eigenvalue weighted by atomic mass is 32.3. The Morgan fingerprint density at radius 3 is 2.51 bits per heavy atom. The molecule has 2 amide bonds. The molecule has 1 spiro atoms. The Labute approximate surface area is 205 Å². The maximum absolute atomic E-state index is 13.9. The third-order valence-electron chi connectivity index (χ3n) is 11.9. The number of rotatable bonds is 5. The molecular formula is C25H35NO8S. The van der Waals surface area contributed by atoms with Crippen molar-refractivity contribution in [1.82, 2.24) is 4.90 Å². The van der Waals surface area contributed by atoms with Gasteiger partial charge in [0.1, 0.15) is 0 Å². The predicted molar refractivity (Wildman–Crippen MR) is 122 cm³/mol. The molecule has 35 heavy (non-hydrogen) atoms. The molecule has 0 aromatic rings. The van der Waals surface area contributed by atoms with Crippen LogP contribution in [0.2, 0.25) is 0 Å². The molecule has 0 aromatic heterocycles. The number of likely N-dealkylation sites (tertiary alicyclic amines) is 1. The molecule has 7 fully saturated rings. The second-order valence-corrected chi connectivity index (χ2v) is 13.9. The number of carboxylic acid groups (broad SMARTS) is 1. The lowest BCUT2D eigenvalue weighted by molar-refractivity contribution is -0.224. The van der Waals surface area contributed by atoms with E-state index < -0.39 is 34.3 Å². The van der Waals surface area contributed by atoms with E-state index in [-0.39, 0.29) is 52.9 Å². The van der Waals surface area contributed by atoms with Crippen molar-refractivity contribution in [2.75, 3.05) is 13.2 Å². The van der Waals surface area contributed by atoms with Gasteiger partial charge in [-0.05, 0) is 85.4 Å². The number of imide groups is 1. The molecule has 1 heterocycles. The number of amides is 2. The van der Waals surface area contributed by atoms with Crippen LogP contribution in [0.15, 0.2) is 0 Å². The van der Waals surface area contributed by atoms with Crippen LogP contribution in [-0.4, -0.2) is 53.9 Å². The number of nitrogens with zero attached hydrogens (tertiary/aromatic N) is 1. The third-order valence-corrected chi connectivity index (χ3v) is 12.3. The molecule has 9 nitrogen and oxygen atoms in total. The van der Waals surface area contributed by atoms with Crippen molar-refractivity contribution in [2.45, 2.75) is 59.3 Å². The fourth-order valence-electron chi connectivity index (χ4n) is 10.9. The van der Waals surface area contributed by atoms with E-state index in [1.54, 1.807) is 0 Å². The smallest absolute Gasteiger partial charge is 0.397 e. The van der Waals surface area contributed by atoms with Gasteiger partial charge < -0.3 is 5.11 Å². The van der Waals surface area contributed by atoms with Gasteiger partial charge in [0.15, 0.2) is 0 Å². The second kappa shape index (κ2) is 7.07. The number of aliphatic carboxylic acids is 1. The maximum Gasteiger partial charge on any atom is 0.397 e. The Kier molecular flexibility index (Phi) is 4.82. The average molecular weight is 510 g/mol. The fraction of sp³-hybridized carbons (Fsp3) is 0.880. The molecule has 1 saturated heterocycles. The van der Waals surface area contributed by atoms with Crippen molar-refractivity contribution in [2.24, 2.45) is 63.6 Å². The number of hydrogen-bond acceptors (Lipinski definition) is 6. The van der Waals surface area contributed by atoms with E-state index in [0.717, 1.165) is 32.1 Å². The van der Waals surface area contributed by atoms with E-state index in [9.17, 15) is 27.9 Å². The summed E-state index contributed by atoms with van der Waals surface area (Å²) in [6, 6.07) is 0. The molecule has 0 radical (unpaired) electrons. The van der Waals surface area contributed by atoms with Crippen molar-refractivity contribution >= 4 is 28.2 Å². The highest BCUT2D eigenvalue weighted by Crippen LogP contribution is 2.83. The molecule has 10 heteroatoms. The predicted octanol–water partition coefficient (Wildman–Crippen LogP) is 2.62. The molecule has 2 bridgehead atoms. The summed E-state index contributed by atoms with van der Waals surface area (Å²) in [4.78, 5) is 41.0. The molecule has 7 aliphatic rings. The average Bonchev–Trinajstić information content (AvgIpc) is 3.40. The summed E-state index contributed by atoms with van der Waals surface area (Å²) >= 11 is 0. The third kappa shape index (κ3) is 2.82. The minimum Gasteiger partial charge on any atom is -0.481 e. The lowest BCUT2D eigenvalue weighted by atomic mass is 9.34. The zero-order valence-corrected chi connectivity index (χ0v) is 21.3. The first-order valence-electron chi connectivity index (χ1n) is 13.0. The lowest BCUT2D eigenvalue weighted by Crippen LogP contribution is -2.66. The lowest BCUT2D eigenvalue weighted by Gasteiger charge is -2.69. The van der Waals surface area contributed by atoms with Crippen LogP contribution in [0.25, 0.3) is 0 Å². The first-order chi connectivity index (χ1) is 16.3. The summed E-state index contributed by atoms with van der Waals surface area (Å²) in [6.07, 6.45) is 4.89. The van der Waals surface area contributed by atoms with E-state index in [0.29, 0.717) is 24.2 Å². The Balaban J connectivity index is 1.39. The monoisotopic (exact) mass is 509 g/mol. The van der Waals surface area contributed by atoms with Crippen LogP contribution in [-0.2, 0) is 29.0 Å². The minimum atomic E-state index is -4.65. The van der Waals surface area contributed by atoms with Gasteiger partial charge in [0.2, 0.25) is 11.8 Å². The van der Waals surface area contributed by atoms with Crippen molar-refractivity contribution in [3.8, 4) is 0 Å². The van der Waals surface area contributed by atoms with Crippen LogP contribution in [0.1, 0.15) is 59.3 Å². The molecule has 2 N–H and O–H groups in total. The molecule has 11 atom stereocenters. The number of fused-ring (bicyclic) bond motifs is 1. The van der Waals surface area contributed by atoms with Crippen LogP contribution >= 0.6 is 0 Å². The summed E-state index contributed by atoms with van der Waals surface area (Å²) in [5.41, 5.74) is -1.27. The Bertz CT molecular complexity index is 1120. The van der Waals surface area contributed by atoms with Gasteiger partial charge in [0, 0.05) is 0 Å². The van der Waals surface area contributed by atoms with Crippen LogP contribution in [0.4, 0.5) is 0 Å². The molecule has 0 aromatic carbocycles. The first-order valence-corrected chi connectivity index (χ1v) is 14.4. The number of carbonyl (C=O) groups is 3. The Hall–Kier alpha value is -1.52. The van der Waals surface area contributed by atoms with Crippen LogP contribution in [0.3, 0.4) is 0 Å². The van der Waals surface area contributed by atoms with E-state index in [4.69, 9.17) is 4.55 Å². The number of carbonyl (C=O) groups excluding carboxylic acids is 2. The standard InChI is InChI=1S/C25H35NO8S/c1-12-16-13-11-15-23(2)6-4-7-24(3,22(29)30)14(23)5-8-25(15,18(12)16)19-17(13)20(27)26(21(19)28)9-10-34-35(31,32)33/h12-19H,4-11H2,1-3H3,(H,29,30)(H,31,32,33). The summed E-state index contributed by atoms with van der Waals surface area (Å²) in [6.45, 7) is 5.76. The Morgan fingerprint density at radius 2 is 1.86 bits per heavy atom. The SMILES string of the molecule is CC1C2C3CC4C5(C)CCCC(C)(C(=O)O)C5CCC4(C4C(=O)N(CCOS(=O)(=O)O)C(=O)C34)C12. The largest absolute Gasteiger partial charge is 0.481 e. The fourth-order valence-corrected chi connectivity index (χ4v) is 11.2. The van der Waals surface area contributed by atoms with Gasteiger partial charge in [-0.25, -0.2) is 4.18 Å². The Morgan fingerprint density at radius 1 is 1.14 bits per heavy atom. The van der Waals surface area contributed by atoms with E-state index in [1.807, 2.05) is 6.92 Å². The molecular weight excluding hydrogens is 474 g/mol. The highest BCUT2D eigenvalue weighted by molar-refractivity contribution is 7.80. The van der Waals surface area contributed by atoms with E-state index >= 15 is 0 Å². The van der Waals surface area contributed by atoms with Crippen molar-refractivity contribution in [3.63, 3.8) is 0 Å². The zero-order valence-electron chi connectivity index (χ0n) is 20.5. The first kappa shape index (κ1) is 23.9. The second-order valence-electron chi connectivity index (χ2n) is 12.8. The van der Waals surface area contributed by atoms with Crippen molar-refractivity contribution in [1.29, 1.82) is 0 Å². The molecule has 7 rings (SSSR count). The maximum atomic E-state index is 13.9. The molecule has 11 unspecified atom stereocenters. The zero-order chi connectivity index (χ0) is 25.3. The van der Waals surface area contributed by atoms with Crippen molar-refractivity contribution < 1.29 is 36.6 Å². The van der Waals surface area contributed by atoms with Gasteiger partial charge >= 0.3 is 16.4 Å². The van der Waals surface area contributed by atoms with Crippen molar-refractivity contribution in [3.05, 3.63) is 0 Å².